The lowest BCUT2D eigenvalue weighted by Gasteiger charge is -2.29. The summed E-state index contributed by atoms with van der Waals surface area (Å²) in [6, 6.07) is 0.975. The highest BCUT2D eigenvalue weighted by Gasteiger charge is 2.57. The molecule has 1 aliphatic heterocycles. The number of nitrogens with two attached hydrogens (primary N) is 1. The third-order valence-corrected chi connectivity index (χ3v) is 8.37. The molecule has 1 aromatic rings. The highest BCUT2D eigenvalue weighted by molar-refractivity contribution is 7.66. The van der Waals surface area contributed by atoms with Crippen LogP contribution in [-0.2, 0) is 31.6 Å². The van der Waals surface area contributed by atoms with Crippen molar-refractivity contribution in [1.29, 1.82) is 0 Å². The number of nitrogens with zero attached hydrogens (tertiary/aromatic N) is 1. The van der Waals surface area contributed by atoms with Gasteiger partial charge in [-0.15, -0.1) is 0 Å². The van der Waals surface area contributed by atoms with E-state index in [0.717, 1.165) is 17.6 Å². The van der Waals surface area contributed by atoms with Crippen molar-refractivity contribution in [2.24, 2.45) is 5.73 Å². The van der Waals surface area contributed by atoms with Gasteiger partial charge in [-0.2, -0.15) is 8.62 Å². The highest BCUT2D eigenvalue weighted by atomic mass is 31.3. The van der Waals surface area contributed by atoms with Crippen LogP contribution in [0.4, 0.5) is 4.39 Å². The van der Waals surface area contributed by atoms with E-state index in [0.29, 0.717) is 0 Å². The summed E-state index contributed by atoms with van der Waals surface area (Å²) in [5.41, 5.74) is 2.02. The molecule has 0 spiro atoms. The van der Waals surface area contributed by atoms with Crippen molar-refractivity contribution in [2.75, 3.05) is 6.67 Å². The largest absolute Gasteiger partial charge is 0.490 e. The number of halogens is 1. The molecule has 1 fully saturated rings. The van der Waals surface area contributed by atoms with E-state index in [4.69, 9.17) is 20.3 Å². The number of phosphoric ester groups is 1. The Morgan fingerprint density at radius 1 is 1.26 bits per heavy atom. The van der Waals surface area contributed by atoms with Gasteiger partial charge >= 0.3 is 29.2 Å². The molecule has 21 heteroatoms. The van der Waals surface area contributed by atoms with Crippen molar-refractivity contribution in [3.05, 3.63) is 32.6 Å². The van der Waals surface area contributed by atoms with Crippen molar-refractivity contribution in [1.82, 2.24) is 9.55 Å². The fourth-order valence-corrected chi connectivity index (χ4v) is 6.40. The molecule has 35 heavy (non-hydrogen) atoms. The average Bonchev–Trinajstić information content (AvgIpc) is 2.88. The Labute approximate surface area is 195 Å². The van der Waals surface area contributed by atoms with Gasteiger partial charge in [0.2, 0.25) is 0 Å². The Morgan fingerprint density at radius 2 is 1.86 bits per heavy atom. The van der Waals surface area contributed by atoms with Gasteiger partial charge in [-0.3, -0.25) is 18.9 Å². The number of H-pyrrole nitrogens is 1. The van der Waals surface area contributed by atoms with Crippen LogP contribution in [0.25, 0.3) is 0 Å². The molecule has 2 heterocycles. The van der Waals surface area contributed by atoms with Crippen LogP contribution in [-0.4, -0.2) is 64.8 Å². The number of aromatic amines is 1. The quantitative estimate of drug-likeness (QED) is 0.139. The molecule has 8 N–H and O–H groups in total. The molecule has 0 aromatic carbocycles. The van der Waals surface area contributed by atoms with E-state index in [9.17, 15) is 42.6 Å². The van der Waals surface area contributed by atoms with Crippen LogP contribution in [0.3, 0.4) is 0 Å². The van der Waals surface area contributed by atoms with Gasteiger partial charge in [0.05, 0.1) is 6.10 Å². The number of aromatic nitrogens is 2. The van der Waals surface area contributed by atoms with Gasteiger partial charge < -0.3 is 35.2 Å². The Hall–Kier alpha value is -1.54. The number of hydrogen-bond donors (Lipinski definition) is 7. The number of alkyl halides is 1. The van der Waals surface area contributed by atoms with Crippen LogP contribution in [0.2, 0.25) is 0 Å². The molecule has 1 aliphatic rings. The molecule has 0 amide bonds. The maximum Gasteiger partial charge on any atom is 0.490 e. The van der Waals surface area contributed by atoms with Crippen molar-refractivity contribution in [3.8, 4) is 11.8 Å². The number of aliphatic hydroxyl groups excluding tert-OH is 1. The summed E-state index contributed by atoms with van der Waals surface area (Å²) in [6.07, 6.45) is -7.17. The molecule has 0 saturated carbocycles. The van der Waals surface area contributed by atoms with Gasteiger partial charge in [-0.05, 0) is 13.8 Å². The topological polar surface area (TPSA) is 270 Å². The molecular formula is C14H21FN3O14P3. The lowest BCUT2D eigenvalue weighted by atomic mass is 9.90. The average molecular weight is 567 g/mol. The summed E-state index contributed by atoms with van der Waals surface area (Å²) >= 11 is 0. The van der Waals surface area contributed by atoms with E-state index in [1.54, 1.807) is 0 Å². The maximum atomic E-state index is 12.7. The molecular weight excluding hydrogens is 546 g/mol. The zero-order valence-corrected chi connectivity index (χ0v) is 20.4. The first-order chi connectivity index (χ1) is 15.8. The van der Waals surface area contributed by atoms with E-state index in [2.05, 4.69) is 19.1 Å². The number of aliphatic hydroxyl groups is 1. The Balaban J connectivity index is 2.40. The van der Waals surface area contributed by atoms with E-state index < -0.39 is 71.5 Å². The van der Waals surface area contributed by atoms with Gasteiger partial charge in [-0.1, -0.05) is 11.8 Å². The summed E-state index contributed by atoms with van der Waals surface area (Å²) in [6.45, 7) is 1.07. The standard InChI is InChI=1S/C14H21FN3O14P3/c1-7-6-9(19)17-13(21)18(7)12-14(16,4-3-5-15)11(20)10(29-12)8(2)30-34(25,26)32-35(27,28)31-33(22,23)24/h6,8,10-12,20H,5,16H2,1-2H3,(H,25,26)(H,27,28)(H,17,19,21)(H2,22,23,24)/t8-,10-,11+,12-,14?/m1/s1. The second-order valence-corrected chi connectivity index (χ2v) is 11.5. The second kappa shape index (κ2) is 10.4. The molecule has 1 saturated heterocycles. The minimum absolute atomic E-state index is 0.0194. The van der Waals surface area contributed by atoms with Crippen LogP contribution in [0, 0.1) is 18.8 Å². The second-order valence-electron chi connectivity index (χ2n) is 7.12. The summed E-state index contributed by atoms with van der Waals surface area (Å²) in [7, 11) is -17.1. The number of rotatable bonds is 8. The summed E-state index contributed by atoms with van der Waals surface area (Å²) in [4.78, 5) is 62.0. The Kier molecular flexibility index (Phi) is 8.86. The van der Waals surface area contributed by atoms with Gasteiger partial charge in [0.15, 0.2) is 11.8 Å². The van der Waals surface area contributed by atoms with Crippen LogP contribution >= 0.6 is 23.5 Å². The minimum Gasteiger partial charge on any atom is -0.387 e. The summed E-state index contributed by atoms with van der Waals surface area (Å²) in [5.74, 6) is 4.18. The molecule has 0 radical (unpaired) electrons. The molecule has 1 aromatic heterocycles. The van der Waals surface area contributed by atoms with Crippen molar-refractivity contribution in [3.63, 3.8) is 0 Å². The SMILES string of the molecule is Cc1cc(=O)[nH]c(=O)n1[C@@H]1O[C@H]([C@@H](C)OP(=O)(O)OP(=O)(O)OP(=O)(O)O)[C@H](O)C1(N)C#CCF. The molecule has 0 aliphatic carbocycles. The van der Waals surface area contributed by atoms with Gasteiger partial charge in [0.1, 0.15) is 18.9 Å². The van der Waals surface area contributed by atoms with E-state index >= 15 is 0 Å². The van der Waals surface area contributed by atoms with Crippen LogP contribution in [0.15, 0.2) is 15.7 Å². The van der Waals surface area contributed by atoms with Gasteiger partial charge in [0.25, 0.3) is 5.56 Å². The third-order valence-electron chi connectivity index (χ3n) is 4.45. The first-order valence-corrected chi connectivity index (χ1v) is 13.7. The lowest BCUT2D eigenvalue weighted by molar-refractivity contribution is -0.0760. The molecule has 3 unspecified atom stereocenters. The highest BCUT2D eigenvalue weighted by Crippen LogP contribution is 2.66. The molecule has 2 rings (SSSR count). The minimum atomic E-state index is -5.83. The lowest BCUT2D eigenvalue weighted by Crippen LogP contribution is -2.56. The van der Waals surface area contributed by atoms with Crippen molar-refractivity contribution < 1.29 is 60.6 Å². The number of aryl methyl sites for hydroxylation is 1. The summed E-state index contributed by atoms with van der Waals surface area (Å²) in [5, 5.41) is 10.8. The van der Waals surface area contributed by atoms with E-state index in [-0.39, 0.29) is 5.69 Å². The van der Waals surface area contributed by atoms with Crippen molar-refractivity contribution >= 4 is 23.5 Å². The van der Waals surface area contributed by atoms with Gasteiger partial charge in [0, 0.05) is 11.8 Å². The van der Waals surface area contributed by atoms with Crippen LogP contribution in [0.1, 0.15) is 18.8 Å². The normalized spacial score (nSPS) is 29.0. The van der Waals surface area contributed by atoms with Gasteiger partial charge in [-0.25, -0.2) is 22.9 Å². The number of phosphoric acid groups is 3. The monoisotopic (exact) mass is 567 g/mol. The zero-order valence-electron chi connectivity index (χ0n) is 17.7. The number of ether oxygens (including phenoxy) is 1. The molecule has 0 bridgehead atoms. The first kappa shape index (κ1) is 29.7. The maximum absolute atomic E-state index is 12.7. The fraction of sp³-hybridized carbons (Fsp3) is 0.571. The number of nitrogens with one attached hydrogen (secondary N) is 1. The van der Waals surface area contributed by atoms with E-state index in [1.165, 1.54) is 6.92 Å². The smallest absolute Gasteiger partial charge is 0.387 e. The zero-order chi connectivity index (χ0) is 27.0. The van der Waals surface area contributed by atoms with Crippen molar-refractivity contribution in [2.45, 2.75) is 43.9 Å². The summed E-state index contributed by atoms with van der Waals surface area (Å²) < 4.78 is 65.2. The predicted molar refractivity (Wildman–Crippen MR) is 111 cm³/mol. The predicted octanol–water partition coefficient (Wildman–Crippen LogP) is -1.49. The van der Waals surface area contributed by atoms with Crippen LogP contribution in [0.5, 0.6) is 0 Å². The molecule has 198 valence electrons. The van der Waals surface area contributed by atoms with E-state index in [1.807, 2.05) is 10.9 Å². The third kappa shape index (κ3) is 7.25. The van der Waals surface area contributed by atoms with Crippen LogP contribution < -0.4 is 17.0 Å². The molecule has 17 nitrogen and oxygen atoms in total. The fourth-order valence-electron chi connectivity index (χ4n) is 3.20. The number of hydrogen-bond acceptors (Lipinski definition) is 11. The first-order valence-electron chi connectivity index (χ1n) is 9.15. The molecule has 7 atom stereocenters. The Morgan fingerprint density at radius 3 is 2.37 bits per heavy atom. The Bertz CT molecular complexity index is 1280.